The third-order valence-electron chi connectivity index (χ3n) is 8.11. The summed E-state index contributed by atoms with van der Waals surface area (Å²) in [7, 11) is 0. The van der Waals surface area contributed by atoms with Crippen LogP contribution >= 0.6 is 0 Å². The van der Waals surface area contributed by atoms with Crippen LogP contribution in [0, 0.1) is 17.0 Å². The van der Waals surface area contributed by atoms with E-state index in [-0.39, 0.29) is 29.3 Å². The number of likely N-dealkylation sites (tertiary alicyclic amines) is 1. The third-order valence-corrected chi connectivity index (χ3v) is 8.11. The molecular weight excluding hydrogens is 496 g/mol. The molecule has 1 spiro atoms. The van der Waals surface area contributed by atoms with E-state index in [2.05, 4.69) is 10.2 Å². The Kier molecular flexibility index (Phi) is 6.85. The Balaban J connectivity index is 1.47. The summed E-state index contributed by atoms with van der Waals surface area (Å²) in [5, 5.41) is 13.2. The number of nitrogens with one attached hydrogen (secondary N) is 1. The molecule has 37 heavy (non-hydrogen) atoms. The van der Waals surface area contributed by atoms with Gasteiger partial charge in [-0.1, -0.05) is 6.07 Å². The summed E-state index contributed by atoms with van der Waals surface area (Å²) in [6.07, 6.45) is -1.95. The minimum atomic E-state index is -4.57. The van der Waals surface area contributed by atoms with Crippen LogP contribution in [0.5, 0.6) is 5.75 Å². The first-order valence-corrected chi connectivity index (χ1v) is 12.7. The van der Waals surface area contributed by atoms with Crippen molar-refractivity contribution in [2.24, 2.45) is 5.41 Å². The summed E-state index contributed by atoms with van der Waals surface area (Å²) in [6.45, 7) is 1.94. The van der Waals surface area contributed by atoms with Crippen molar-refractivity contribution in [3.05, 3.63) is 58.7 Å². The minimum absolute atomic E-state index is 0.00515. The standard InChI is InChI=1S/C27H31F6N3O/c1-16-9-17-10-19(37)3-4-20(17)25(36(16)15-27(31,32)33)24-21(29)11-18(12-22(24)30)34-23-13-35(8-2-7-28)14-26(23)5-6-26/h3-4,10-12,16,23,25,34,37H,2,5-9,13-15H2,1H3/t16-,23?,25?/m1/s1. The predicted octanol–water partition coefficient (Wildman–Crippen LogP) is 5.80. The van der Waals surface area contributed by atoms with Crippen molar-refractivity contribution in [3.63, 3.8) is 0 Å². The summed E-state index contributed by atoms with van der Waals surface area (Å²) in [6, 6.07) is 4.51. The minimum Gasteiger partial charge on any atom is -0.508 e. The monoisotopic (exact) mass is 527 g/mol. The first kappa shape index (κ1) is 26.2. The SMILES string of the molecule is C[C@@H]1Cc2cc(O)ccc2C(c2c(F)cc(NC3CN(CCCF)CC34CC4)cc2F)N1CC(F)(F)F. The van der Waals surface area contributed by atoms with Crippen molar-refractivity contribution in [2.45, 2.75) is 56.9 Å². The van der Waals surface area contributed by atoms with Crippen molar-refractivity contribution in [3.8, 4) is 5.75 Å². The molecule has 202 valence electrons. The maximum absolute atomic E-state index is 15.6. The van der Waals surface area contributed by atoms with Crippen LogP contribution in [0.3, 0.4) is 0 Å². The topological polar surface area (TPSA) is 38.7 Å². The molecule has 5 rings (SSSR count). The summed E-state index contributed by atoms with van der Waals surface area (Å²) in [5.41, 5.74) is 0.706. The number of phenolic OH excluding ortho intramolecular Hbond substituents is 1. The fraction of sp³-hybridized carbons (Fsp3) is 0.556. The highest BCUT2D eigenvalue weighted by Gasteiger charge is 2.54. The molecule has 2 N–H and O–H groups in total. The number of halogens is 6. The van der Waals surface area contributed by atoms with Crippen LogP contribution in [0.4, 0.5) is 32.0 Å². The third kappa shape index (κ3) is 5.27. The first-order valence-electron chi connectivity index (χ1n) is 12.7. The highest BCUT2D eigenvalue weighted by atomic mass is 19.4. The number of nitrogens with zero attached hydrogens (tertiary/aromatic N) is 2. The number of hydrogen-bond donors (Lipinski definition) is 2. The zero-order valence-corrected chi connectivity index (χ0v) is 20.6. The van der Waals surface area contributed by atoms with Gasteiger partial charge in [0.25, 0.3) is 0 Å². The summed E-state index contributed by atoms with van der Waals surface area (Å²) < 4.78 is 84.5. The quantitative estimate of drug-likeness (QED) is 0.447. The van der Waals surface area contributed by atoms with Crippen LogP contribution in [-0.4, -0.2) is 66.0 Å². The van der Waals surface area contributed by atoms with E-state index in [1.165, 1.54) is 18.2 Å². The Morgan fingerprint density at radius 1 is 1.11 bits per heavy atom. The van der Waals surface area contributed by atoms with Crippen molar-refractivity contribution < 1.29 is 31.4 Å². The molecule has 0 bridgehead atoms. The Labute approximate surface area is 212 Å². The van der Waals surface area contributed by atoms with Gasteiger partial charge < -0.3 is 15.3 Å². The fourth-order valence-corrected chi connectivity index (χ4v) is 6.20. The van der Waals surface area contributed by atoms with Crippen LogP contribution in [0.1, 0.15) is 48.9 Å². The van der Waals surface area contributed by atoms with E-state index in [4.69, 9.17) is 0 Å². The Morgan fingerprint density at radius 3 is 2.43 bits per heavy atom. The van der Waals surface area contributed by atoms with Gasteiger partial charge in [0, 0.05) is 48.4 Å². The predicted molar refractivity (Wildman–Crippen MR) is 128 cm³/mol. The molecule has 10 heteroatoms. The molecule has 1 aliphatic carbocycles. The van der Waals surface area contributed by atoms with Gasteiger partial charge in [0.2, 0.25) is 0 Å². The van der Waals surface area contributed by atoms with E-state index >= 15 is 8.78 Å². The van der Waals surface area contributed by atoms with Crippen molar-refractivity contribution in [1.82, 2.24) is 9.80 Å². The molecule has 2 aromatic rings. The summed E-state index contributed by atoms with van der Waals surface area (Å²) >= 11 is 0. The highest BCUT2D eigenvalue weighted by Crippen LogP contribution is 2.54. The zero-order valence-electron chi connectivity index (χ0n) is 20.6. The number of anilines is 1. The first-order chi connectivity index (χ1) is 17.5. The van der Waals surface area contributed by atoms with E-state index in [0.29, 0.717) is 30.6 Å². The molecule has 0 aromatic heterocycles. The van der Waals surface area contributed by atoms with Gasteiger partial charge in [-0.25, -0.2) is 8.78 Å². The molecule has 2 aliphatic heterocycles. The van der Waals surface area contributed by atoms with Crippen molar-refractivity contribution in [1.29, 1.82) is 0 Å². The number of alkyl halides is 4. The second-order valence-electron chi connectivity index (χ2n) is 10.8. The van der Waals surface area contributed by atoms with Gasteiger partial charge in [-0.2, -0.15) is 13.2 Å². The average molecular weight is 528 g/mol. The number of fused-ring (bicyclic) bond motifs is 1. The lowest BCUT2D eigenvalue weighted by Gasteiger charge is -2.42. The molecule has 0 radical (unpaired) electrons. The smallest absolute Gasteiger partial charge is 0.401 e. The lowest BCUT2D eigenvalue weighted by Crippen LogP contribution is -2.47. The lowest BCUT2D eigenvalue weighted by atomic mass is 9.84. The Bertz CT molecular complexity index is 1130. The number of phenols is 1. The molecule has 3 atom stereocenters. The van der Waals surface area contributed by atoms with Crippen LogP contribution in [-0.2, 0) is 6.42 Å². The number of hydrogen-bond acceptors (Lipinski definition) is 4. The number of benzene rings is 2. The average Bonchev–Trinajstić information content (AvgIpc) is 3.49. The van der Waals surface area contributed by atoms with Crippen LogP contribution < -0.4 is 5.32 Å². The summed E-state index contributed by atoms with van der Waals surface area (Å²) in [5.74, 6) is -1.91. The van der Waals surface area contributed by atoms with Gasteiger partial charge in [-0.3, -0.25) is 9.29 Å². The molecule has 2 unspecified atom stereocenters. The Morgan fingerprint density at radius 2 is 1.81 bits per heavy atom. The molecule has 2 aromatic carbocycles. The number of rotatable bonds is 7. The van der Waals surface area contributed by atoms with Gasteiger partial charge in [0.15, 0.2) is 0 Å². The van der Waals surface area contributed by atoms with E-state index in [1.807, 2.05) is 0 Å². The maximum atomic E-state index is 15.6. The van der Waals surface area contributed by atoms with E-state index in [1.54, 1.807) is 6.92 Å². The van der Waals surface area contributed by atoms with Crippen LogP contribution in [0.15, 0.2) is 30.3 Å². The largest absolute Gasteiger partial charge is 0.508 e. The van der Waals surface area contributed by atoms with E-state index in [9.17, 15) is 22.7 Å². The lowest BCUT2D eigenvalue weighted by molar-refractivity contribution is -0.155. The van der Waals surface area contributed by atoms with Crippen molar-refractivity contribution >= 4 is 5.69 Å². The number of aromatic hydroxyl groups is 1. The van der Waals surface area contributed by atoms with Gasteiger partial charge in [0.1, 0.15) is 17.4 Å². The van der Waals surface area contributed by atoms with Gasteiger partial charge >= 0.3 is 6.18 Å². The van der Waals surface area contributed by atoms with Crippen LogP contribution in [0.2, 0.25) is 0 Å². The van der Waals surface area contributed by atoms with Gasteiger partial charge in [-0.15, -0.1) is 0 Å². The maximum Gasteiger partial charge on any atom is 0.401 e. The molecule has 2 fully saturated rings. The molecule has 4 nitrogen and oxygen atoms in total. The normalized spacial score (nSPS) is 25.4. The van der Waals surface area contributed by atoms with Gasteiger partial charge in [-0.05, 0) is 68.0 Å². The summed E-state index contributed by atoms with van der Waals surface area (Å²) in [4.78, 5) is 3.24. The zero-order chi connectivity index (χ0) is 26.5. The van der Waals surface area contributed by atoms with E-state index < -0.39 is 48.7 Å². The van der Waals surface area contributed by atoms with Crippen molar-refractivity contribution in [2.75, 3.05) is 38.2 Å². The highest BCUT2D eigenvalue weighted by molar-refractivity contribution is 5.52. The van der Waals surface area contributed by atoms with E-state index in [0.717, 1.165) is 36.4 Å². The molecule has 1 saturated heterocycles. The van der Waals surface area contributed by atoms with Crippen LogP contribution in [0.25, 0.3) is 0 Å². The molecular formula is C27H31F6N3O. The fourth-order valence-electron chi connectivity index (χ4n) is 6.20. The second-order valence-corrected chi connectivity index (χ2v) is 10.8. The van der Waals surface area contributed by atoms with Gasteiger partial charge in [0.05, 0.1) is 19.3 Å². The molecule has 0 amide bonds. The Hall–Kier alpha value is -2.46. The molecule has 1 saturated carbocycles. The second kappa shape index (κ2) is 9.69. The molecule has 2 heterocycles. The molecule has 3 aliphatic rings.